The molecule has 0 aliphatic carbocycles. The highest BCUT2D eigenvalue weighted by Gasteiger charge is 2.49. The summed E-state index contributed by atoms with van der Waals surface area (Å²) in [7, 11) is 0. The van der Waals surface area contributed by atoms with Crippen LogP contribution in [0, 0.1) is 0 Å². The molecule has 11 nitrogen and oxygen atoms in total. The van der Waals surface area contributed by atoms with Gasteiger partial charge in [-0.3, -0.25) is 0 Å². The van der Waals surface area contributed by atoms with Crippen molar-refractivity contribution in [1.29, 1.82) is 0 Å². The maximum absolute atomic E-state index is 15.0. The van der Waals surface area contributed by atoms with Crippen molar-refractivity contribution in [3.8, 4) is 11.4 Å². The quantitative estimate of drug-likeness (QED) is 0.395. The van der Waals surface area contributed by atoms with E-state index in [1.165, 1.54) is 44.5 Å². The molecule has 0 radical (unpaired) electrons. The number of ether oxygens (including phenoxy) is 2. The maximum Gasteiger partial charge on any atom is 0.323 e. The number of rotatable bonds is 6. The third-order valence-electron chi connectivity index (χ3n) is 11.5. The van der Waals surface area contributed by atoms with E-state index in [4.69, 9.17) is 24.4 Å². The van der Waals surface area contributed by atoms with Crippen molar-refractivity contribution in [2.75, 3.05) is 66.5 Å². The standard InChI is InChI=1S/C35H40F2N8O3/c36-27-15-25-17-47-19-29(27)44(25)32-40-31(41-33(42-32)45-26-16-28(37)30(45)20-48-18-26)21-1-5-23(6-2-21)38-34(46)39-24-7-3-22(4-8-24)35-9-12-43(13-10-35)14-11-35/h1-8,25-30H,9-20H2,(H2,38,39,46). The lowest BCUT2D eigenvalue weighted by molar-refractivity contribution is 0.0810. The van der Waals surface area contributed by atoms with Crippen LogP contribution in [0.2, 0.25) is 0 Å². The van der Waals surface area contributed by atoms with E-state index in [0.717, 1.165) is 5.69 Å². The van der Waals surface area contributed by atoms with Gasteiger partial charge in [0.2, 0.25) is 11.9 Å². The number of carbonyl (C=O) groups is 1. The molecule has 2 N–H and O–H groups in total. The van der Waals surface area contributed by atoms with Gasteiger partial charge < -0.3 is 34.8 Å². The van der Waals surface area contributed by atoms with Gasteiger partial charge in [-0.05, 0) is 86.3 Å². The van der Waals surface area contributed by atoms with Crippen molar-refractivity contribution < 1.29 is 23.0 Å². The molecule has 7 saturated heterocycles. The van der Waals surface area contributed by atoms with Crippen LogP contribution in [0.3, 0.4) is 0 Å². The summed E-state index contributed by atoms with van der Waals surface area (Å²) in [5, 5.41) is 5.86. The highest BCUT2D eigenvalue weighted by molar-refractivity contribution is 5.99. The molecule has 10 rings (SSSR count). The fourth-order valence-electron chi connectivity index (χ4n) is 8.77. The first kappa shape index (κ1) is 30.1. The third kappa shape index (κ3) is 5.26. The van der Waals surface area contributed by atoms with Crippen LogP contribution in [0.25, 0.3) is 11.4 Å². The summed E-state index contributed by atoms with van der Waals surface area (Å²) in [6.07, 6.45) is 2.20. The zero-order chi connectivity index (χ0) is 32.4. The molecule has 7 fully saturated rings. The van der Waals surface area contributed by atoms with Crippen molar-refractivity contribution in [3.63, 3.8) is 0 Å². The largest absolute Gasteiger partial charge is 0.377 e. The summed E-state index contributed by atoms with van der Waals surface area (Å²) in [4.78, 5) is 33.7. The number of carbonyl (C=O) groups excluding carboxylic acids is 1. The van der Waals surface area contributed by atoms with Crippen molar-refractivity contribution >= 4 is 29.3 Å². The van der Waals surface area contributed by atoms with E-state index in [1.807, 2.05) is 34.1 Å². The zero-order valence-corrected chi connectivity index (χ0v) is 26.7. The number of urea groups is 1. The van der Waals surface area contributed by atoms with E-state index in [0.29, 0.717) is 55.0 Å². The summed E-state index contributed by atoms with van der Waals surface area (Å²) in [5.41, 5.74) is 3.68. The van der Waals surface area contributed by atoms with Crippen LogP contribution in [0.1, 0.15) is 37.7 Å². The lowest BCUT2D eigenvalue weighted by Gasteiger charge is -2.48. The average molecular weight is 659 g/mol. The Morgan fingerprint density at radius 3 is 1.71 bits per heavy atom. The van der Waals surface area contributed by atoms with Crippen LogP contribution in [0.15, 0.2) is 48.5 Å². The van der Waals surface area contributed by atoms with Gasteiger partial charge in [0.05, 0.1) is 50.6 Å². The zero-order valence-electron chi connectivity index (χ0n) is 26.7. The van der Waals surface area contributed by atoms with Gasteiger partial charge in [0.1, 0.15) is 12.3 Å². The Morgan fingerprint density at radius 1 is 0.708 bits per heavy atom. The van der Waals surface area contributed by atoms with Gasteiger partial charge in [0, 0.05) is 29.8 Å². The minimum Gasteiger partial charge on any atom is -0.377 e. The first-order valence-electron chi connectivity index (χ1n) is 17.2. The topological polar surface area (TPSA) is 108 Å². The lowest BCUT2D eigenvalue weighted by atomic mass is 9.67. The SMILES string of the molecule is O=C(Nc1ccc(-c2nc(N3C4COCC3C(F)C4)nc(N3C4COCC3C(F)C4)n2)cc1)Nc1ccc(C23CCN(CC2)CC3)cc1. The van der Waals surface area contributed by atoms with Crippen LogP contribution in [-0.4, -0.2) is 108 Å². The number of anilines is 4. The normalized spacial score (nSPS) is 33.6. The minimum absolute atomic E-state index is 0.182. The number of alkyl halides is 2. The molecular formula is C35H40F2N8O3. The van der Waals surface area contributed by atoms with E-state index in [2.05, 4.69) is 27.7 Å². The Hall–Kier alpha value is -3.94. The number of hydrogen-bond acceptors (Lipinski definition) is 9. The molecule has 6 bridgehead atoms. The van der Waals surface area contributed by atoms with Crippen LogP contribution in [0.5, 0.6) is 0 Å². The lowest BCUT2D eigenvalue weighted by Crippen LogP contribution is -2.50. The number of piperidine rings is 3. The second-order valence-corrected chi connectivity index (χ2v) is 14.2. The van der Waals surface area contributed by atoms with Gasteiger partial charge in [-0.25, -0.2) is 13.6 Å². The predicted octanol–water partition coefficient (Wildman–Crippen LogP) is 4.55. The molecule has 0 saturated carbocycles. The molecular weight excluding hydrogens is 618 g/mol. The molecule has 7 aliphatic rings. The molecule has 6 atom stereocenters. The van der Waals surface area contributed by atoms with Crippen LogP contribution in [-0.2, 0) is 14.9 Å². The van der Waals surface area contributed by atoms with Crippen molar-refractivity contribution in [3.05, 3.63) is 54.1 Å². The summed E-state index contributed by atoms with van der Waals surface area (Å²) < 4.78 is 41.3. The van der Waals surface area contributed by atoms with Gasteiger partial charge in [-0.1, -0.05) is 12.1 Å². The van der Waals surface area contributed by atoms with E-state index in [-0.39, 0.29) is 36.7 Å². The van der Waals surface area contributed by atoms with Gasteiger partial charge in [-0.15, -0.1) is 0 Å². The molecule has 48 heavy (non-hydrogen) atoms. The Balaban J connectivity index is 0.934. The Morgan fingerprint density at radius 2 is 1.21 bits per heavy atom. The molecule has 7 aliphatic heterocycles. The molecule has 3 aromatic rings. The number of fused-ring (bicyclic) bond motifs is 7. The third-order valence-corrected chi connectivity index (χ3v) is 11.5. The number of halogens is 2. The molecule has 6 unspecified atom stereocenters. The number of benzene rings is 2. The number of aromatic nitrogens is 3. The van der Waals surface area contributed by atoms with E-state index >= 15 is 0 Å². The second kappa shape index (κ2) is 11.9. The van der Waals surface area contributed by atoms with Gasteiger partial charge >= 0.3 is 6.03 Å². The van der Waals surface area contributed by atoms with Crippen LogP contribution >= 0.6 is 0 Å². The highest BCUT2D eigenvalue weighted by atomic mass is 19.1. The van der Waals surface area contributed by atoms with Crippen LogP contribution in [0.4, 0.5) is 36.8 Å². The summed E-state index contributed by atoms with van der Waals surface area (Å²) in [5.74, 6) is 1.14. The average Bonchev–Trinajstić information content (AvgIpc) is 3.43. The predicted molar refractivity (Wildman–Crippen MR) is 177 cm³/mol. The molecule has 13 heteroatoms. The van der Waals surface area contributed by atoms with Crippen LogP contribution < -0.4 is 20.4 Å². The Kier molecular flexibility index (Phi) is 7.46. The number of nitrogens with one attached hydrogen (secondary N) is 2. The van der Waals surface area contributed by atoms with Crippen molar-refractivity contribution in [2.24, 2.45) is 0 Å². The fourth-order valence-corrected chi connectivity index (χ4v) is 8.77. The van der Waals surface area contributed by atoms with E-state index < -0.39 is 24.4 Å². The summed E-state index contributed by atoms with van der Waals surface area (Å²) in [6, 6.07) is 13.9. The molecule has 8 heterocycles. The van der Waals surface area contributed by atoms with Gasteiger partial charge in [-0.2, -0.15) is 15.0 Å². The number of amides is 2. The van der Waals surface area contributed by atoms with Gasteiger partial charge in [0.25, 0.3) is 0 Å². The second-order valence-electron chi connectivity index (χ2n) is 14.2. The molecule has 2 aromatic carbocycles. The minimum atomic E-state index is -1.05. The maximum atomic E-state index is 15.0. The molecule has 252 valence electrons. The van der Waals surface area contributed by atoms with Crippen molar-refractivity contribution in [2.45, 2.75) is 74.0 Å². The van der Waals surface area contributed by atoms with E-state index in [1.54, 1.807) is 12.1 Å². The van der Waals surface area contributed by atoms with Gasteiger partial charge in [0.15, 0.2) is 5.82 Å². The number of hydrogen-bond donors (Lipinski definition) is 2. The fraction of sp³-hybridized carbons (Fsp3) is 0.543. The molecule has 1 aromatic heterocycles. The first-order valence-corrected chi connectivity index (χ1v) is 17.2. The molecule has 0 spiro atoms. The Labute approximate surface area is 278 Å². The highest BCUT2D eigenvalue weighted by Crippen LogP contribution is 2.43. The Bertz CT molecular complexity index is 1610. The number of nitrogens with zero attached hydrogens (tertiary/aromatic N) is 6. The summed E-state index contributed by atoms with van der Waals surface area (Å²) in [6.45, 7) is 4.81. The number of morpholine rings is 2. The smallest absolute Gasteiger partial charge is 0.323 e. The summed E-state index contributed by atoms with van der Waals surface area (Å²) >= 11 is 0. The first-order chi connectivity index (χ1) is 23.4. The van der Waals surface area contributed by atoms with E-state index in [9.17, 15) is 13.6 Å². The van der Waals surface area contributed by atoms with Crippen molar-refractivity contribution in [1.82, 2.24) is 19.9 Å². The molecule has 2 amide bonds. The monoisotopic (exact) mass is 658 g/mol.